The molecule has 0 saturated carbocycles. The molecule has 0 spiro atoms. The van der Waals surface area contributed by atoms with Gasteiger partial charge in [0, 0.05) is 6.42 Å². The van der Waals surface area contributed by atoms with E-state index in [0.29, 0.717) is 17.4 Å². The van der Waals surface area contributed by atoms with Gasteiger partial charge in [0.25, 0.3) is 7.82 Å². The zero-order valence-electron chi connectivity index (χ0n) is 43.9. The van der Waals surface area contributed by atoms with Crippen molar-refractivity contribution >= 4 is 13.7 Å². The fourth-order valence-electron chi connectivity index (χ4n) is 7.80. The van der Waals surface area contributed by atoms with Gasteiger partial charge in [0.2, 0.25) is 5.91 Å². The van der Waals surface area contributed by atoms with Crippen molar-refractivity contribution in [3.63, 3.8) is 0 Å². The molecule has 0 aromatic carbocycles. The molecule has 0 aromatic heterocycles. The van der Waals surface area contributed by atoms with Crippen LogP contribution in [-0.2, 0) is 18.4 Å². The molecule has 3 atom stereocenters. The van der Waals surface area contributed by atoms with Gasteiger partial charge < -0.3 is 28.8 Å². The van der Waals surface area contributed by atoms with Crippen molar-refractivity contribution in [1.82, 2.24) is 5.32 Å². The summed E-state index contributed by atoms with van der Waals surface area (Å²) in [5.74, 6) is -0.214. The highest BCUT2D eigenvalue weighted by Crippen LogP contribution is 2.38. The number of unbranched alkanes of at least 4 members (excludes halogenated alkanes) is 29. The van der Waals surface area contributed by atoms with Crippen molar-refractivity contribution < 1.29 is 32.9 Å². The monoisotopic (exact) mass is 947 g/mol. The Hall–Kier alpha value is -1.80. The SMILES string of the molecule is CCCCCCCCC/C=C/CC/C=C/CC/C=C/C(O)C(COP(=O)([O-])OCC[N+](C)(C)C)NC(=O)CCCCCCCCCCCCC/C=C\C/C=C\CCCCCCCCCCC. The number of hydrogen-bond donors (Lipinski definition) is 2. The van der Waals surface area contributed by atoms with Crippen LogP contribution < -0.4 is 10.2 Å². The van der Waals surface area contributed by atoms with Crippen LogP contribution >= 0.6 is 7.82 Å². The number of carbonyl (C=O) groups is 1. The first-order chi connectivity index (χ1) is 32.0. The Bertz CT molecular complexity index is 1260. The van der Waals surface area contributed by atoms with E-state index in [0.717, 1.165) is 51.4 Å². The average molecular weight is 947 g/mol. The predicted molar refractivity (Wildman–Crippen MR) is 284 cm³/mol. The summed E-state index contributed by atoms with van der Waals surface area (Å²) in [6, 6.07) is -0.913. The summed E-state index contributed by atoms with van der Waals surface area (Å²) >= 11 is 0. The number of quaternary nitrogens is 1. The number of aliphatic hydroxyl groups excluding tert-OH is 1. The molecule has 3 unspecified atom stereocenters. The van der Waals surface area contributed by atoms with Crippen LogP contribution in [0.3, 0.4) is 0 Å². The lowest BCUT2D eigenvalue weighted by Crippen LogP contribution is -2.45. The molecule has 0 rings (SSSR count). The molecule has 0 aromatic rings. The van der Waals surface area contributed by atoms with Gasteiger partial charge in [-0.15, -0.1) is 0 Å². The van der Waals surface area contributed by atoms with E-state index < -0.39 is 26.6 Å². The number of phosphoric acid groups is 1. The number of hydrogen-bond acceptors (Lipinski definition) is 6. The van der Waals surface area contributed by atoms with Gasteiger partial charge in [0.15, 0.2) is 0 Å². The van der Waals surface area contributed by atoms with Gasteiger partial charge in [-0.1, -0.05) is 222 Å². The Labute approximate surface area is 409 Å². The normalized spacial score (nSPS) is 14.5. The molecule has 9 heteroatoms. The number of nitrogens with one attached hydrogen (secondary N) is 1. The molecular weight excluding hydrogens is 840 g/mol. The molecule has 2 N–H and O–H groups in total. The lowest BCUT2D eigenvalue weighted by Gasteiger charge is -2.29. The Kier molecular flexibility index (Phi) is 46.9. The summed E-state index contributed by atoms with van der Waals surface area (Å²) in [7, 11) is 1.23. The van der Waals surface area contributed by atoms with Crippen LogP contribution in [0.2, 0.25) is 0 Å². The number of aliphatic hydroxyl groups is 1. The third-order valence-corrected chi connectivity index (χ3v) is 13.1. The van der Waals surface area contributed by atoms with Crippen molar-refractivity contribution in [3.8, 4) is 0 Å². The number of carbonyl (C=O) groups excluding carboxylic acids is 1. The molecule has 0 aliphatic carbocycles. The third kappa shape index (κ3) is 50.1. The topological polar surface area (TPSA) is 108 Å². The number of nitrogens with zero attached hydrogens (tertiary/aromatic N) is 1. The molecule has 0 aliphatic rings. The molecule has 0 bridgehead atoms. The highest BCUT2D eigenvalue weighted by atomic mass is 31.2. The fourth-order valence-corrected chi connectivity index (χ4v) is 8.53. The minimum absolute atomic E-state index is 0.0110. The van der Waals surface area contributed by atoms with Gasteiger partial charge in [-0.25, -0.2) is 0 Å². The van der Waals surface area contributed by atoms with E-state index in [-0.39, 0.29) is 12.5 Å². The van der Waals surface area contributed by atoms with Crippen molar-refractivity contribution in [2.75, 3.05) is 40.9 Å². The fraction of sp³-hybridized carbons (Fsp3) is 0.807. The van der Waals surface area contributed by atoms with Crippen molar-refractivity contribution in [2.24, 2.45) is 0 Å². The first-order valence-corrected chi connectivity index (χ1v) is 29.1. The molecule has 386 valence electrons. The summed E-state index contributed by atoms with van der Waals surface area (Å²) < 4.78 is 23.3. The molecule has 1 amide bonds. The first-order valence-electron chi connectivity index (χ1n) is 27.7. The summed E-state index contributed by atoms with van der Waals surface area (Å²) in [6.45, 7) is 4.62. The summed E-state index contributed by atoms with van der Waals surface area (Å²) in [5, 5.41) is 13.8. The second-order valence-electron chi connectivity index (χ2n) is 19.9. The first kappa shape index (κ1) is 64.2. The predicted octanol–water partition coefficient (Wildman–Crippen LogP) is 15.9. The van der Waals surface area contributed by atoms with E-state index in [1.54, 1.807) is 6.08 Å². The van der Waals surface area contributed by atoms with E-state index in [2.05, 4.69) is 67.8 Å². The zero-order chi connectivity index (χ0) is 48.5. The van der Waals surface area contributed by atoms with E-state index in [1.807, 2.05) is 27.2 Å². The van der Waals surface area contributed by atoms with Gasteiger partial charge in [-0.3, -0.25) is 9.36 Å². The lowest BCUT2D eigenvalue weighted by molar-refractivity contribution is -0.870. The molecule has 66 heavy (non-hydrogen) atoms. The van der Waals surface area contributed by atoms with E-state index in [9.17, 15) is 19.4 Å². The Morgan fingerprint density at radius 1 is 0.530 bits per heavy atom. The highest BCUT2D eigenvalue weighted by Gasteiger charge is 2.23. The molecule has 0 heterocycles. The van der Waals surface area contributed by atoms with Crippen LogP contribution in [0.5, 0.6) is 0 Å². The Morgan fingerprint density at radius 2 is 0.894 bits per heavy atom. The van der Waals surface area contributed by atoms with Gasteiger partial charge >= 0.3 is 0 Å². The zero-order valence-corrected chi connectivity index (χ0v) is 44.8. The molecule has 0 saturated heterocycles. The van der Waals surface area contributed by atoms with Crippen LogP contribution in [-0.4, -0.2) is 68.5 Å². The second kappa shape index (κ2) is 48.2. The second-order valence-corrected chi connectivity index (χ2v) is 21.3. The van der Waals surface area contributed by atoms with E-state index >= 15 is 0 Å². The van der Waals surface area contributed by atoms with E-state index in [1.165, 1.54) is 173 Å². The smallest absolute Gasteiger partial charge is 0.268 e. The molecule has 0 aliphatic heterocycles. The maximum atomic E-state index is 12.9. The number of allylic oxidation sites excluding steroid dienone is 9. The van der Waals surface area contributed by atoms with Gasteiger partial charge in [-0.2, -0.15) is 0 Å². The van der Waals surface area contributed by atoms with Gasteiger partial charge in [0.05, 0.1) is 39.9 Å². The minimum Gasteiger partial charge on any atom is -0.756 e. The highest BCUT2D eigenvalue weighted by molar-refractivity contribution is 7.45. The number of amides is 1. The standard InChI is InChI=1S/C57H107N2O6P/c1-6-8-10-12-14-16-18-20-22-24-25-26-27-28-29-30-31-32-33-35-37-39-41-43-45-47-49-51-57(61)58-55(54-65-66(62,63)64-53-52-59(3,4)5)56(60)50-48-46-44-42-40-38-36-34-23-21-19-17-15-13-11-9-7-2/h23,25-26,28-29,34,40,42,48,50,55-56,60H,6-22,24,27,30-33,35-39,41,43-47,49,51-54H2,1-5H3,(H-,58,61,62,63)/b26-25-,29-28-,34-23+,42-40+,50-48+. The quantitative estimate of drug-likeness (QED) is 0.0272. The Morgan fingerprint density at radius 3 is 1.32 bits per heavy atom. The van der Waals surface area contributed by atoms with Crippen LogP contribution in [0.25, 0.3) is 0 Å². The van der Waals surface area contributed by atoms with Crippen LogP contribution in [0.1, 0.15) is 245 Å². The maximum absolute atomic E-state index is 12.9. The van der Waals surface area contributed by atoms with Crippen LogP contribution in [0.15, 0.2) is 60.8 Å². The summed E-state index contributed by atoms with van der Waals surface area (Å²) in [5.41, 5.74) is 0. The molecule has 0 radical (unpaired) electrons. The van der Waals surface area contributed by atoms with Gasteiger partial charge in [0.1, 0.15) is 13.2 Å². The van der Waals surface area contributed by atoms with Crippen LogP contribution in [0, 0.1) is 0 Å². The maximum Gasteiger partial charge on any atom is 0.268 e. The van der Waals surface area contributed by atoms with Crippen molar-refractivity contribution in [3.05, 3.63) is 60.8 Å². The Balaban J connectivity index is 4.26. The minimum atomic E-state index is -4.61. The lowest BCUT2D eigenvalue weighted by atomic mass is 10.0. The number of rotatable bonds is 50. The molecule has 0 fully saturated rings. The summed E-state index contributed by atoms with van der Waals surface area (Å²) in [4.78, 5) is 25.4. The average Bonchev–Trinajstić information content (AvgIpc) is 3.28. The number of likely N-dealkylation sites (N-methyl/N-ethyl adjacent to an activating group) is 1. The third-order valence-electron chi connectivity index (χ3n) is 12.2. The van der Waals surface area contributed by atoms with Gasteiger partial charge in [-0.05, 0) is 77.0 Å². The van der Waals surface area contributed by atoms with Crippen molar-refractivity contribution in [2.45, 2.75) is 257 Å². The number of phosphoric ester groups is 1. The molecule has 8 nitrogen and oxygen atoms in total. The largest absolute Gasteiger partial charge is 0.756 e. The van der Waals surface area contributed by atoms with E-state index in [4.69, 9.17) is 9.05 Å². The van der Waals surface area contributed by atoms with Crippen molar-refractivity contribution in [1.29, 1.82) is 0 Å². The van der Waals surface area contributed by atoms with Crippen LogP contribution in [0.4, 0.5) is 0 Å². The molecular formula is C57H107N2O6P. The summed E-state index contributed by atoms with van der Waals surface area (Å²) in [6.07, 6.45) is 64.4.